The van der Waals surface area contributed by atoms with E-state index in [1.165, 1.54) is 0 Å². The van der Waals surface area contributed by atoms with E-state index in [1.807, 2.05) is 58.0 Å². The molecular weight excluding hydrogens is 508 g/mol. The lowest BCUT2D eigenvalue weighted by Gasteiger charge is -2.26. The Labute approximate surface area is 227 Å². The smallest absolute Gasteiger partial charge is 0.231 e. The van der Waals surface area contributed by atoms with Gasteiger partial charge in [0.2, 0.25) is 12.5 Å². The molecule has 3 saturated heterocycles. The van der Waals surface area contributed by atoms with Gasteiger partial charge in [-0.3, -0.25) is 0 Å². The molecule has 0 N–H and O–H groups in total. The maximum atomic E-state index is 6.73. The molecule has 10 nitrogen and oxygen atoms in total. The Hall–Kier alpha value is -3.18. The molecule has 39 heavy (non-hydrogen) atoms. The van der Waals surface area contributed by atoms with Crippen molar-refractivity contribution in [3.05, 3.63) is 47.2 Å². The fourth-order valence-corrected chi connectivity index (χ4v) is 5.61. The van der Waals surface area contributed by atoms with E-state index in [9.17, 15) is 0 Å². The summed E-state index contributed by atoms with van der Waals surface area (Å²) in [5.41, 5.74) is 2.37. The van der Waals surface area contributed by atoms with Crippen LogP contribution in [0.15, 0.2) is 36.1 Å². The highest BCUT2D eigenvalue weighted by Gasteiger charge is 2.58. The van der Waals surface area contributed by atoms with Crippen molar-refractivity contribution >= 4 is 5.57 Å². The lowest BCUT2D eigenvalue weighted by atomic mass is 9.93. The maximum absolute atomic E-state index is 6.73. The highest BCUT2D eigenvalue weighted by Crippen LogP contribution is 2.50. The van der Waals surface area contributed by atoms with Gasteiger partial charge in [0.05, 0.1) is 27.9 Å². The van der Waals surface area contributed by atoms with E-state index < -0.39 is 29.9 Å². The molecule has 0 saturated carbocycles. The second-order valence-electron chi connectivity index (χ2n) is 10.7. The lowest BCUT2D eigenvalue weighted by molar-refractivity contribution is -0.187. The van der Waals surface area contributed by atoms with E-state index in [0.29, 0.717) is 41.1 Å². The molecule has 3 fully saturated rings. The number of fused-ring (bicyclic) bond motifs is 2. The summed E-state index contributed by atoms with van der Waals surface area (Å²) in [6, 6.07) is 9.55. The first-order valence-electron chi connectivity index (χ1n) is 12.9. The summed E-state index contributed by atoms with van der Waals surface area (Å²) in [5.74, 6) is 1.89. The van der Waals surface area contributed by atoms with Gasteiger partial charge in [0, 0.05) is 5.57 Å². The molecule has 0 bridgehead atoms. The van der Waals surface area contributed by atoms with Crippen molar-refractivity contribution in [3.63, 3.8) is 0 Å². The average Bonchev–Trinajstić information content (AvgIpc) is 3.66. The van der Waals surface area contributed by atoms with Gasteiger partial charge in [-0.2, -0.15) is 0 Å². The Morgan fingerprint density at radius 2 is 1.49 bits per heavy atom. The van der Waals surface area contributed by atoms with Crippen LogP contribution in [-0.2, 0) is 23.7 Å². The number of hydrogen-bond donors (Lipinski definition) is 0. The molecule has 2 aromatic rings. The third-order valence-electron chi connectivity index (χ3n) is 7.23. The van der Waals surface area contributed by atoms with Crippen molar-refractivity contribution in [2.75, 3.05) is 34.7 Å². The zero-order chi connectivity index (χ0) is 27.5. The van der Waals surface area contributed by atoms with Crippen LogP contribution < -0.4 is 23.7 Å². The molecule has 4 atom stereocenters. The molecule has 10 heteroatoms. The van der Waals surface area contributed by atoms with Gasteiger partial charge in [-0.05, 0) is 63.1 Å². The van der Waals surface area contributed by atoms with Gasteiger partial charge in [-0.15, -0.1) is 0 Å². The minimum atomic E-state index is -0.827. The van der Waals surface area contributed by atoms with Crippen molar-refractivity contribution in [1.82, 2.24) is 0 Å². The summed E-state index contributed by atoms with van der Waals surface area (Å²) < 4.78 is 59.9. The summed E-state index contributed by atoms with van der Waals surface area (Å²) in [5, 5.41) is 0. The molecule has 0 aromatic heterocycles. The maximum Gasteiger partial charge on any atom is 0.231 e. The molecule has 4 aliphatic heterocycles. The molecule has 4 aliphatic rings. The molecule has 0 unspecified atom stereocenters. The largest absolute Gasteiger partial charge is 0.493 e. The molecule has 210 valence electrons. The molecule has 2 aromatic carbocycles. The van der Waals surface area contributed by atoms with E-state index in [0.717, 1.165) is 16.7 Å². The molecule has 0 spiro atoms. The Kier molecular flexibility index (Phi) is 6.33. The highest BCUT2D eigenvalue weighted by molar-refractivity contribution is 5.85. The average molecular weight is 543 g/mol. The molecular formula is C29H34O10. The van der Waals surface area contributed by atoms with Crippen LogP contribution >= 0.6 is 0 Å². The van der Waals surface area contributed by atoms with E-state index in [2.05, 4.69) is 0 Å². The Morgan fingerprint density at radius 1 is 0.769 bits per heavy atom. The Balaban J connectivity index is 1.55. The lowest BCUT2D eigenvalue weighted by Crippen LogP contribution is -2.40. The second kappa shape index (κ2) is 9.48. The van der Waals surface area contributed by atoms with Crippen LogP contribution in [0.5, 0.6) is 28.7 Å². The third kappa shape index (κ3) is 4.55. The number of methoxy groups -OCH3 is 3. The first-order valence-corrected chi connectivity index (χ1v) is 12.9. The summed E-state index contributed by atoms with van der Waals surface area (Å²) in [7, 11) is 4.74. The predicted octanol–water partition coefficient (Wildman–Crippen LogP) is 4.27. The first kappa shape index (κ1) is 26.1. The topological polar surface area (TPSA) is 92.3 Å². The fraction of sp³-hybridized carbons (Fsp3) is 0.517. The Morgan fingerprint density at radius 3 is 2.13 bits per heavy atom. The predicted molar refractivity (Wildman–Crippen MR) is 138 cm³/mol. The second-order valence-corrected chi connectivity index (χ2v) is 10.7. The van der Waals surface area contributed by atoms with Gasteiger partial charge < -0.3 is 47.4 Å². The van der Waals surface area contributed by atoms with Crippen molar-refractivity contribution in [2.45, 2.75) is 63.7 Å². The monoisotopic (exact) mass is 542 g/mol. The standard InChI is InChI=1S/C29H34O10/c1-28(2)35-13-21(37-28)24-26-27(39-29(3,4)38-26)25(36-24)22(15-8-9-17-18(10-15)34-14-33-17)16-11-19(30-5)23(32-7)20(12-16)31-6/h8-12,21,24,26-27H,13-14H2,1-7H3/b25-22+/t21-,24+,26-,27+/m1/s1. The van der Waals surface area contributed by atoms with Crippen LogP contribution in [0, 0.1) is 0 Å². The SMILES string of the molecule is COc1cc(/C(=C2/O[C@@H]([C@H]3COC(C)(C)O3)[C@H]3OC(C)(C)O[C@@H]23)c2ccc3c(c2)OCO3)cc(OC)c1OC. The van der Waals surface area contributed by atoms with Crippen molar-refractivity contribution in [2.24, 2.45) is 0 Å². The first-order chi connectivity index (χ1) is 18.6. The Bertz CT molecular complexity index is 1270. The molecule has 4 heterocycles. The van der Waals surface area contributed by atoms with Crippen LogP contribution in [0.25, 0.3) is 5.57 Å². The number of ether oxygens (including phenoxy) is 10. The van der Waals surface area contributed by atoms with Crippen LogP contribution in [0.3, 0.4) is 0 Å². The van der Waals surface area contributed by atoms with Crippen molar-refractivity contribution < 1.29 is 47.4 Å². The number of hydrogen-bond acceptors (Lipinski definition) is 10. The molecule has 0 aliphatic carbocycles. The minimum Gasteiger partial charge on any atom is -0.493 e. The van der Waals surface area contributed by atoms with E-state index in [1.54, 1.807) is 21.3 Å². The van der Waals surface area contributed by atoms with Crippen LogP contribution in [0.1, 0.15) is 38.8 Å². The number of benzene rings is 2. The van der Waals surface area contributed by atoms with Gasteiger partial charge in [0.25, 0.3) is 0 Å². The highest BCUT2D eigenvalue weighted by atomic mass is 16.8. The van der Waals surface area contributed by atoms with Crippen molar-refractivity contribution in [1.29, 1.82) is 0 Å². The van der Waals surface area contributed by atoms with Crippen LogP contribution in [0.2, 0.25) is 0 Å². The van der Waals surface area contributed by atoms with Gasteiger partial charge >= 0.3 is 0 Å². The van der Waals surface area contributed by atoms with Gasteiger partial charge in [-0.25, -0.2) is 0 Å². The van der Waals surface area contributed by atoms with Crippen molar-refractivity contribution in [3.8, 4) is 28.7 Å². The molecule has 6 rings (SSSR count). The quantitative estimate of drug-likeness (QED) is 0.527. The van der Waals surface area contributed by atoms with E-state index in [4.69, 9.17) is 47.4 Å². The summed E-state index contributed by atoms with van der Waals surface area (Å²) in [6.45, 7) is 8.12. The molecule has 0 radical (unpaired) electrons. The summed E-state index contributed by atoms with van der Waals surface area (Å²) in [6.07, 6.45) is -1.72. The fourth-order valence-electron chi connectivity index (χ4n) is 5.61. The van der Waals surface area contributed by atoms with E-state index in [-0.39, 0.29) is 12.9 Å². The summed E-state index contributed by atoms with van der Waals surface area (Å²) in [4.78, 5) is 0. The third-order valence-corrected chi connectivity index (χ3v) is 7.23. The normalized spacial score (nSPS) is 29.1. The zero-order valence-corrected chi connectivity index (χ0v) is 23.2. The number of rotatable bonds is 6. The van der Waals surface area contributed by atoms with Crippen LogP contribution in [0.4, 0.5) is 0 Å². The van der Waals surface area contributed by atoms with Gasteiger partial charge in [0.15, 0.2) is 40.7 Å². The minimum absolute atomic E-state index is 0.165. The summed E-state index contributed by atoms with van der Waals surface area (Å²) >= 11 is 0. The molecule has 0 amide bonds. The zero-order valence-electron chi connectivity index (χ0n) is 23.2. The van der Waals surface area contributed by atoms with E-state index >= 15 is 0 Å². The van der Waals surface area contributed by atoms with Gasteiger partial charge in [0.1, 0.15) is 24.1 Å². The van der Waals surface area contributed by atoms with Gasteiger partial charge in [-0.1, -0.05) is 6.07 Å². The van der Waals surface area contributed by atoms with Crippen LogP contribution in [-0.4, -0.2) is 70.7 Å².